The topological polar surface area (TPSA) is 51.0 Å². The van der Waals surface area contributed by atoms with Gasteiger partial charge in [-0.25, -0.2) is 0 Å². The first-order valence-corrected chi connectivity index (χ1v) is 6.87. The van der Waals surface area contributed by atoms with Crippen LogP contribution < -0.4 is 5.32 Å². The lowest BCUT2D eigenvalue weighted by Gasteiger charge is -2.36. The van der Waals surface area contributed by atoms with E-state index < -0.39 is 0 Å². The van der Waals surface area contributed by atoms with E-state index in [0.29, 0.717) is 11.3 Å². The van der Waals surface area contributed by atoms with Gasteiger partial charge in [0.05, 0.1) is 5.92 Å². The van der Waals surface area contributed by atoms with Gasteiger partial charge in [0.2, 0.25) is 5.89 Å². The SMILES string of the molecule is CCc1noc(C2CNCC23CCCCC3)n1. The Kier molecular flexibility index (Phi) is 2.90. The third-order valence-electron chi connectivity index (χ3n) is 4.51. The Morgan fingerprint density at radius 1 is 1.35 bits per heavy atom. The van der Waals surface area contributed by atoms with E-state index in [1.54, 1.807) is 0 Å². The van der Waals surface area contributed by atoms with Crippen LogP contribution in [0.5, 0.6) is 0 Å². The Morgan fingerprint density at radius 2 is 2.18 bits per heavy atom. The zero-order chi connectivity index (χ0) is 11.7. The maximum Gasteiger partial charge on any atom is 0.231 e. The molecule has 0 aromatic carbocycles. The molecule has 0 radical (unpaired) electrons. The van der Waals surface area contributed by atoms with Crippen molar-refractivity contribution in [3.05, 3.63) is 11.7 Å². The molecule has 1 atom stereocenters. The Labute approximate surface area is 102 Å². The molecular formula is C13H21N3O. The highest BCUT2D eigenvalue weighted by molar-refractivity contribution is 5.10. The predicted molar refractivity (Wildman–Crippen MR) is 64.8 cm³/mol. The molecule has 1 saturated carbocycles. The summed E-state index contributed by atoms with van der Waals surface area (Å²) in [5, 5.41) is 7.57. The summed E-state index contributed by atoms with van der Waals surface area (Å²) in [5.74, 6) is 2.15. The van der Waals surface area contributed by atoms with Crippen LogP contribution in [0.2, 0.25) is 0 Å². The van der Waals surface area contributed by atoms with Crippen molar-refractivity contribution in [2.24, 2.45) is 5.41 Å². The minimum atomic E-state index is 0.399. The first kappa shape index (κ1) is 11.2. The zero-order valence-corrected chi connectivity index (χ0v) is 10.5. The quantitative estimate of drug-likeness (QED) is 0.854. The van der Waals surface area contributed by atoms with Crippen LogP contribution in [0, 0.1) is 5.41 Å². The van der Waals surface area contributed by atoms with Gasteiger partial charge in [-0.1, -0.05) is 31.3 Å². The van der Waals surface area contributed by atoms with Crippen molar-refractivity contribution in [1.82, 2.24) is 15.5 Å². The Hall–Kier alpha value is -0.900. The van der Waals surface area contributed by atoms with E-state index in [2.05, 4.69) is 22.4 Å². The van der Waals surface area contributed by atoms with Crippen LogP contribution in [0.4, 0.5) is 0 Å². The van der Waals surface area contributed by atoms with Gasteiger partial charge in [-0.3, -0.25) is 0 Å². The molecule has 1 unspecified atom stereocenters. The normalized spacial score (nSPS) is 27.7. The summed E-state index contributed by atoms with van der Waals surface area (Å²) in [7, 11) is 0. The first-order chi connectivity index (χ1) is 8.34. The van der Waals surface area contributed by atoms with Crippen LogP contribution in [0.15, 0.2) is 4.52 Å². The van der Waals surface area contributed by atoms with Crippen molar-refractivity contribution in [2.45, 2.75) is 51.4 Å². The monoisotopic (exact) mass is 235 g/mol. The smallest absolute Gasteiger partial charge is 0.231 e. The molecule has 4 nitrogen and oxygen atoms in total. The molecule has 17 heavy (non-hydrogen) atoms. The van der Waals surface area contributed by atoms with Crippen LogP contribution in [-0.4, -0.2) is 23.2 Å². The zero-order valence-electron chi connectivity index (χ0n) is 10.5. The minimum Gasteiger partial charge on any atom is -0.339 e. The van der Waals surface area contributed by atoms with Gasteiger partial charge in [0.25, 0.3) is 0 Å². The van der Waals surface area contributed by atoms with Crippen molar-refractivity contribution < 1.29 is 4.52 Å². The average molecular weight is 235 g/mol. The molecule has 3 rings (SSSR count). The summed E-state index contributed by atoms with van der Waals surface area (Å²) in [6.07, 6.45) is 7.58. The number of rotatable bonds is 2. The average Bonchev–Trinajstić information content (AvgIpc) is 2.97. The first-order valence-electron chi connectivity index (χ1n) is 6.87. The molecule has 4 heteroatoms. The van der Waals surface area contributed by atoms with E-state index in [1.165, 1.54) is 32.1 Å². The van der Waals surface area contributed by atoms with Crippen LogP contribution in [0.1, 0.15) is 56.7 Å². The molecule has 0 amide bonds. The summed E-state index contributed by atoms with van der Waals surface area (Å²) in [6.45, 7) is 4.20. The Morgan fingerprint density at radius 3 is 2.88 bits per heavy atom. The highest BCUT2D eigenvalue weighted by Crippen LogP contribution is 2.48. The molecule has 1 aliphatic heterocycles. The van der Waals surface area contributed by atoms with E-state index in [9.17, 15) is 0 Å². The maximum atomic E-state index is 5.47. The van der Waals surface area contributed by atoms with Gasteiger partial charge in [0, 0.05) is 19.5 Å². The second kappa shape index (κ2) is 4.41. The molecule has 2 fully saturated rings. The molecule has 2 heterocycles. The third kappa shape index (κ3) is 1.88. The van der Waals surface area contributed by atoms with Gasteiger partial charge in [0.1, 0.15) is 0 Å². The van der Waals surface area contributed by atoms with Gasteiger partial charge in [-0.05, 0) is 18.3 Å². The third-order valence-corrected chi connectivity index (χ3v) is 4.51. The lowest BCUT2D eigenvalue weighted by atomic mass is 9.67. The predicted octanol–water partition coefficient (Wildman–Crippen LogP) is 2.27. The molecule has 1 aromatic rings. The van der Waals surface area contributed by atoms with E-state index in [0.717, 1.165) is 31.2 Å². The van der Waals surface area contributed by atoms with Gasteiger partial charge < -0.3 is 9.84 Å². The van der Waals surface area contributed by atoms with Crippen molar-refractivity contribution in [3.8, 4) is 0 Å². The van der Waals surface area contributed by atoms with E-state index >= 15 is 0 Å². The lowest BCUT2D eigenvalue weighted by Crippen LogP contribution is -2.31. The van der Waals surface area contributed by atoms with Gasteiger partial charge in [0.15, 0.2) is 5.82 Å². The fourth-order valence-corrected chi connectivity index (χ4v) is 3.49. The van der Waals surface area contributed by atoms with Gasteiger partial charge >= 0.3 is 0 Å². The van der Waals surface area contributed by atoms with Gasteiger partial charge in [-0.2, -0.15) is 4.98 Å². The Bertz CT molecular complexity index is 382. The summed E-state index contributed by atoms with van der Waals surface area (Å²) in [4.78, 5) is 4.54. The number of hydrogen-bond donors (Lipinski definition) is 1. The molecule has 2 aliphatic rings. The molecular weight excluding hydrogens is 214 g/mol. The minimum absolute atomic E-state index is 0.399. The molecule has 94 valence electrons. The van der Waals surface area contributed by atoms with Crippen molar-refractivity contribution in [3.63, 3.8) is 0 Å². The number of nitrogens with zero attached hydrogens (tertiary/aromatic N) is 2. The highest BCUT2D eigenvalue weighted by Gasteiger charge is 2.46. The molecule has 1 saturated heterocycles. The van der Waals surface area contributed by atoms with E-state index in [1.807, 2.05) is 0 Å². The molecule has 0 bridgehead atoms. The fraction of sp³-hybridized carbons (Fsp3) is 0.846. The summed E-state index contributed by atoms with van der Waals surface area (Å²) >= 11 is 0. The standard InChI is InChI=1S/C13H21N3O/c1-2-11-15-12(17-16-11)10-8-14-9-13(10)6-4-3-5-7-13/h10,14H,2-9H2,1H3. The van der Waals surface area contributed by atoms with E-state index in [4.69, 9.17) is 4.52 Å². The molecule has 1 spiro atoms. The van der Waals surface area contributed by atoms with Crippen LogP contribution in [0.3, 0.4) is 0 Å². The lowest BCUT2D eigenvalue weighted by molar-refractivity contribution is 0.165. The van der Waals surface area contributed by atoms with Crippen molar-refractivity contribution >= 4 is 0 Å². The molecule has 1 N–H and O–H groups in total. The van der Waals surface area contributed by atoms with Crippen molar-refractivity contribution in [2.75, 3.05) is 13.1 Å². The number of nitrogens with one attached hydrogen (secondary N) is 1. The van der Waals surface area contributed by atoms with Gasteiger partial charge in [-0.15, -0.1) is 0 Å². The molecule has 1 aliphatic carbocycles. The van der Waals surface area contributed by atoms with E-state index in [-0.39, 0.29) is 0 Å². The summed E-state index contributed by atoms with van der Waals surface area (Å²) in [5.41, 5.74) is 0.399. The van der Waals surface area contributed by atoms with Crippen LogP contribution >= 0.6 is 0 Å². The largest absolute Gasteiger partial charge is 0.339 e. The highest BCUT2D eigenvalue weighted by atomic mass is 16.5. The van der Waals surface area contributed by atoms with Crippen molar-refractivity contribution in [1.29, 1.82) is 0 Å². The number of hydrogen-bond acceptors (Lipinski definition) is 4. The second-order valence-corrected chi connectivity index (χ2v) is 5.51. The molecule has 1 aromatic heterocycles. The number of aromatic nitrogens is 2. The number of aryl methyl sites for hydroxylation is 1. The summed E-state index contributed by atoms with van der Waals surface area (Å²) in [6, 6.07) is 0. The summed E-state index contributed by atoms with van der Waals surface area (Å²) < 4.78 is 5.47. The maximum absolute atomic E-state index is 5.47. The van der Waals surface area contributed by atoms with Crippen LogP contribution in [-0.2, 0) is 6.42 Å². The van der Waals surface area contributed by atoms with Crippen LogP contribution in [0.25, 0.3) is 0 Å². The Balaban J connectivity index is 1.85. The fourth-order valence-electron chi connectivity index (χ4n) is 3.49. The second-order valence-electron chi connectivity index (χ2n) is 5.51.